The molecule has 0 aliphatic carbocycles. The van der Waals surface area contributed by atoms with Crippen LogP contribution in [0.3, 0.4) is 0 Å². The van der Waals surface area contributed by atoms with Crippen LogP contribution < -0.4 is 5.32 Å². The van der Waals surface area contributed by atoms with Crippen LogP contribution in [0.15, 0.2) is 24.5 Å². The third-order valence-corrected chi connectivity index (χ3v) is 4.46. The Labute approximate surface area is 166 Å². The predicted octanol–water partition coefficient (Wildman–Crippen LogP) is 4.98. The average molecular weight is 408 g/mol. The lowest BCUT2D eigenvalue weighted by atomic mass is 9.85. The van der Waals surface area contributed by atoms with Crippen molar-refractivity contribution in [1.82, 2.24) is 15.0 Å². The molecule has 3 N–H and O–H groups in total. The average Bonchev–Trinajstić information content (AvgIpc) is 3.04. The van der Waals surface area contributed by atoms with Crippen molar-refractivity contribution in [3.05, 3.63) is 42.0 Å². The van der Waals surface area contributed by atoms with Crippen molar-refractivity contribution in [2.45, 2.75) is 40.2 Å². The molecule has 2 heterocycles. The van der Waals surface area contributed by atoms with Gasteiger partial charge in [-0.15, -0.1) is 0 Å². The van der Waals surface area contributed by atoms with Crippen molar-refractivity contribution >= 4 is 23.2 Å². The molecule has 0 spiro atoms. The number of aromatic nitrogens is 3. The highest BCUT2D eigenvalue weighted by atomic mass is 19.1. The number of nitrogens with zero attached hydrogens (tertiary/aromatic N) is 2. The van der Waals surface area contributed by atoms with E-state index in [2.05, 4.69) is 41.0 Å². The Hall–Kier alpha value is -3.10. The third kappa shape index (κ3) is 5.04. The van der Waals surface area contributed by atoms with E-state index in [1.165, 1.54) is 12.3 Å². The summed E-state index contributed by atoms with van der Waals surface area (Å²) in [6.45, 7) is 7.92. The molecule has 0 bridgehead atoms. The summed E-state index contributed by atoms with van der Waals surface area (Å²) < 4.78 is 41.7. The summed E-state index contributed by atoms with van der Waals surface area (Å²) in [5.41, 5.74) is 0.467. The van der Waals surface area contributed by atoms with Crippen LogP contribution in [0.4, 0.5) is 19.0 Å². The molecule has 0 fully saturated rings. The van der Waals surface area contributed by atoms with Crippen LogP contribution in [0.5, 0.6) is 0 Å². The molecular formula is C20H23F3N4O2. The number of benzene rings is 1. The van der Waals surface area contributed by atoms with Gasteiger partial charge < -0.3 is 15.4 Å². The number of carboxylic acid groups (broad SMARTS) is 1. The summed E-state index contributed by atoms with van der Waals surface area (Å²) in [6, 6.07) is 2.00. The third-order valence-electron chi connectivity index (χ3n) is 4.46. The Balaban J connectivity index is 0.000000941. The van der Waals surface area contributed by atoms with Gasteiger partial charge in [0.2, 0.25) is 0 Å². The standard InChI is InChI=1S/C19H21F3N4.CH2O2/c1-5-15(19(2,3)4)25-18-14(22)9-24-17(26-18)12-8-23-16-11(12)6-10(20)7-13(16)21;2-1-3/h6-9,15,23H,5H2,1-4H3,(H,24,25,26);1H,(H,2,3). The zero-order valence-corrected chi connectivity index (χ0v) is 16.6. The maximum absolute atomic E-state index is 14.2. The Morgan fingerprint density at radius 1 is 1.24 bits per heavy atom. The Kier molecular flexibility index (Phi) is 6.84. The van der Waals surface area contributed by atoms with Crippen molar-refractivity contribution in [3.63, 3.8) is 0 Å². The van der Waals surface area contributed by atoms with Gasteiger partial charge >= 0.3 is 0 Å². The molecule has 3 rings (SSSR count). The van der Waals surface area contributed by atoms with E-state index in [1.807, 2.05) is 6.92 Å². The fourth-order valence-corrected chi connectivity index (χ4v) is 3.03. The molecule has 156 valence electrons. The van der Waals surface area contributed by atoms with Crippen LogP contribution in [0, 0.1) is 22.9 Å². The number of hydrogen-bond acceptors (Lipinski definition) is 4. The summed E-state index contributed by atoms with van der Waals surface area (Å²) >= 11 is 0. The van der Waals surface area contributed by atoms with Crippen molar-refractivity contribution in [3.8, 4) is 11.4 Å². The second-order valence-electron chi connectivity index (χ2n) is 7.48. The van der Waals surface area contributed by atoms with Crippen LogP contribution in [-0.2, 0) is 4.79 Å². The van der Waals surface area contributed by atoms with Gasteiger partial charge in [0.1, 0.15) is 11.6 Å². The molecule has 0 radical (unpaired) electrons. The fourth-order valence-electron chi connectivity index (χ4n) is 3.03. The summed E-state index contributed by atoms with van der Waals surface area (Å²) in [4.78, 5) is 19.4. The molecule has 0 saturated heterocycles. The summed E-state index contributed by atoms with van der Waals surface area (Å²) in [5, 5.41) is 10.3. The number of halogens is 3. The number of anilines is 1. The van der Waals surface area contributed by atoms with Crippen LogP contribution in [0.25, 0.3) is 22.3 Å². The molecule has 0 aliphatic heterocycles. The molecule has 1 aromatic carbocycles. The largest absolute Gasteiger partial charge is 0.483 e. The second-order valence-corrected chi connectivity index (χ2v) is 7.48. The lowest BCUT2D eigenvalue weighted by Crippen LogP contribution is -2.34. The number of aromatic amines is 1. The topological polar surface area (TPSA) is 90.9 Å². The van der Waals surface area contributed by atoms with Gasteiger partial charge in [0.05, 0.1) is 11.7 Å². The number of nitrogens with one attached hydrogen (secondary N) is 2. The molecule has 1 unspecified atom stereocenters. The first-order chi connectivity index (χ1) is 13.6. The molecule has 3 aromatic rings. The van der Waals surface area contributed by atoms with Crippen LogP contribution in [0.2, 0.25) is 0 Å². The highest BCUT2D eigenvalue weighted by Gasteiger charge is 2.25. The molecule has 0 amide bonds. The molecular weight excluding hydrogens is 385 g/mol. The van der Waals surface area contributed by atoms with Crippen LogP contribution in [-0.4, -0.2) is 32.6 Å². The summed E-state index contributed by atoms with van der Waals surface area (Å²) in [5.74, 6) is -1.72. The van der Waals surface area contributed by atoms with E-state index in [9.17, 15) is 13.2 Å². The number of rotatable bonds is 4. The van der Waals surface area contributed by atoms with Crippen LogP contribution >= 0.6 is 0 Å². The quantitative estimate of drug-likeness (QED) is 0.530. The highest BCUT2D eigenvalue weighted by molar-refractivity contribution is 5.94. The van der Waals surface area contributed by atoms with Gasteiger partial charge in [0.25, 0.3) is 6.47 Å². The van der Waals surface area contributed by atoms with Gasteiger partial charge in [0, 0.05) is 29.3 Å². The molecule has 9 heteroatoms. The molecule has 0 saturated carbocycles. The van der Waals surface area contributed by atoms with Gasteiger partial charge in [-0.1, -0.05) is 27.7 Å². The molecule has 29 heavy (non-hydrogen) atoms. The molecule has 1 atom stereocenters. The first kappa shape index (κ1) is 22.2. The van der Waals surface area contributed by atoms with E-state index < -0.39 is 17.5 Å². The van der Waals surface area contributed by atoms with E-state index in [1.54, 1.807) is 0 Å². The van der Waals surface area contributed by atoms with Gasteiger partial charge in [-0.3, -0.25) is 4.79 Å². The minimum Gasteiger partial charge on any atom is -0.483 e. The highest BCUT2D eigenvalue weighted by Crippen LogP contribution is 2.31. The van der Waals surface area contributed by atoms with Crippen molar-refractivity contribution in [2.75, 3.05) is 5.32 Å². The lowest BCUT2D eigenvalue weighted by molar-refractivity contribution is -0.122. The lowest BCUT2D eigenvalue weighted by Gasteiger charge is -2.31. The van der Waals surface area contributed by atoms with Crippen molar-refractivity contribution in [2.24, 2.45) is 5.41 Å². The first-order valence-electron chi connectivity index (χ1n) is 8.95. The molecule has 0 aliphatic rings. The minimum absolute atomic E-state index is 0.00222. The van der Waals surface area contributed by atoms with Gasteiger partial charge in [-0.05, 0) is 17.9 Å². The summed E-state index contributed by atoms with van der Waals surface area (Å²) in [7, 11) is 0. The van der Waals surface area contributed by atoms with E-state index in [0.29, 0.717) is 10.9 Å². The predicted molar refractivity (Wildman–Crippen MR) is 105 cm³/mol. The Morgan fingerprint density at radius 3 is 2.48 bits per heavy atom. The van der Waals surface area contributed by atoms with Gasteiger partial charge in [-0.25, -0.2) is 23.1 Å². The van der Waals surface area contributed by atoms with E-state index in [0.717, 1.165) is 18.7 Å². The Bertz CT molecular complexity index is 999. The zero-order valence-electron chi connectivity index (χ0n) is 16.6. The zero-order chi connectivity index (χ0) is 21.8. The summed E-state index contributed by atoms with van der Waals surface area (Å²) in [6.07, 6.45) is 3.34. The Morgan fingerprint density at radius 2 is 1.90 bits per heavy atom. The van der Waals surface area contributed by atoms with E-state index >= 15 is 0 Å². The van der Waals surface area contributed by atoms with Crippen LogP contribution in [0.1, 0.15) is 34.1 Å². The smallest absolute Gasteiger partial charge is 0.290 e. The SMILES string of the molecule is CCC(Nc1nc(-c2c[nH]c3c(F)cc(F)cc23)ncc1F)C(C)(C)C.O=CO. The number of carbonyl (C=O) groups is 1. The van der Waals surface area contributed by atoms with Gasteiger partial charge in [0.15, 0.2) is 17.5 Å². The van der Waals surface area contributed by atoms with Gasteiger partial charge in [-0.2, -0.15) is 0 Å². The number of H-pyrrole nitrogens is 1. The van der Waals surface area contributed by atoms with Crippen molar-refractivity contribution in [1.29, 1.82) is 0 Å². The second kappa shape index (κ2) is 8.93. The molecule has 2 aromatic heterocycles. The van der Waals surface area contributed by atoms with Crippen molar-refractivity contribution < 1.29 is 23.1 Å². The first-order valence-corrected chi connectivity index (χ1v) is 8.95. The normalized spacial score (nSPS) is 12.2. The number of fused-ring (bicyclic) bond motifs is 1. The van der Waals surface area contributed by atoms with E-state index in [-0.39, 0.29) is 35.1 Å². The molecule has 6 nitrogen and oxygen atoms in total. The fraction of sp³-hybridized carbons (Fsp3) is 0.350. The van der Waals surface area contributed by atoms with E-state index in [4.69, 9.17) is 9.90 Å². The maximum Gasteiger partial charge on any atom is 0.290 e. The number of hydrogen-bond donors (Lipinski definition) is 3. The monoisotopic (exact) mass is 408 g/mol. The minimum atomic E-state index is -0.703. The maximum atomic E-state index is 14.2.